The van der Waals surface area contributed by atoms with Crippen LogP contribution >= 0.6 is 0 Å². The molecule has 91 heavy (non-hydrogen) atoms. The topological polar surface area (TPSA) is 264 Å². The Balaban J connectivity index is 4.53. The molecule has 522 valence electrons. The first-order valence-corrected chi connectivity index (χ1v) is 33.4. The number of aliphatic hydroxyl groups is 1. The van der Waals surface area contributed by atoms with Crippen molar-refractivity contribution in [1.29, 1.82) is 0 Å². The molecule has 22 heteroatoms. The number of amides is 8. The van der Waals surface area contributed by atoms with Gasteiger partial charge in [-0.25, -0.2) is 0 Å². The zero-order valence-corrected chi connectivity index (χ0v) is 60.6. The number of hydrogen-bond acceptors (Lipinski definition) is 14. The van der Waals surface area contributed by atoms with Gasteiger partial charge in [-0.2, -0.15) is 0 Å². The molecule has 0 saturated carbocycles. The zero-order chi connectivity index (χ0) is 70.4. The van der Waals surface area contributed by atoms with Crippen LogP contribution < -0.4 is 10.6 Å². The summed E-state index contributed by atoms with van der Waals surface area (Å²) in [6.07, 6.45) is 2.74. The summed E-state index contributed by atoms with van der Waals surface area (Å²) < 4.78 is 5.56. The Hall–Kier alpha value is -5.61. The van der Waals surface area contributed by atoms with Crippen molar-refractivity contribution in [2.45, 2.75) is 229 Å². The van der Waals surface area contributed by atoms with Crippen LogP contribution in [0.15, 0.2) is 12.2 Å². The second-order valence-corrected chi connectivity index (χ2v) is 28.3. The van der Waals surface area contributed by atoms with Crippen molar-refractivity contribution in [3.63, 3.8) is 0 Å². The largest absolute Gasteiger partial charge is 0.390 e. The molecule has 0 aromatic carbocycles. The highest BCUT2D eigenvalue weighted by Crippen LogP contribution is 2.30. The summed E-state index contributed by atoms with van der Waals surface area (Å²) in [5.74, 6) is -11.5. The molecule has 0 aromatic heterocycles. The van der Waals surface area contributed by atoms with Gasteiger partial charge in [0.15, 0.2) is 11.6 Å². The van der Waals surface area contributed by atoms with Gasteiger partial charge in [0.1, 0.15) is 42.0 Å². The van der Waals surface area contributed by atoms with E-state index in [9.17, 15) is 24.3 Å². The second-order valence-electron chi connectivity index (χ2n) is 28.3. The molecule has 1 rings (SSSR count). The average molecular weight is 1290 g/mol. The van der Waals surface area contributed by atoms with E-state index in [1.807, 2.05) is 54.5 Å². The molecule has 0 spiro atoms. The van der Waals surface area contributed by atoms with E-state index in [2.05, 4.69) is 10.6 Å². The van der Waals surface area contributed by atoms with E-state index in [0.717, 1.165) is 4.90 Å². The van der Waals surface area contributed by atoms with Gasteiger partial charge < -0.3 is 54.8 Å². The lowest BCUT2D eigenvalue weighted by molar-refractivity contribution is -0.157. The number of ketones is 3. The van der Waals surface area contributed by atoms with Crippen LogP contribution in [-0.2, 0) is 57.5 Å². The van der Waals surface area contributed by atoms with Crippen LogP contribution in [0.1, 0.15) is 175 Å². The van der Waals surface area contributed by atoms with Gasteiger partial charge in [-0.15, -0.1) is 0 Å². The number of rotatable bonds is 20. The lowest BCUT2D eigenvalue weighted by Gasteiger charge is -2.41. The molecule has 1 saturated heterocycles. The highest BCUT2D eigenvalue weighted by Gasteiger charge is 2.47. The molecule has 8 amide bonds. The lowest BCUT2D eigenvalue weighted by atomic mass is 9.83. The number of aliphatic hydroxyl groups excluding tert-OH is 1. The maximum Gasteiger partial charge on any atom is 0.246 e. The van der Waals surface area contributed by atoms with E-state index in [1.54, 1.807) is 75.4 Å². The Morgan fingerprint density at radius 3 is 1.46 bits per heavy atom. The minimum atomic E-state index is -1.62. The molecule has 1 heterocycles. The Kier molecular flexibility index (Phi) is 35.9. The Labute approximate surface area is 547 Å². The maximum atomic E-state index is 15.3. The van der Waals surface area contributed by atoms with E-state index >= 15 is 33.6 Å². The number of Topliss-reactive ketones (excluding diaryl/α,β-unsaturated/α-hetero) is 3. The van der Waals surface area contributed by atoms with Crippen molar-refractivity contribution in [3.05, 3.63) is 12.2 Å². The molecule has 1 aliphatic rings. The molecule has 0 bridgehead atoms. The third-order valence-corrected chi connectivity index (χ3v) is 18.4. The maximum absolute atomic E-state index is 15.3. The summed E-state index contributed by atoms with van der Waals surface area (Å²) in [7, 11) is 13.5. The van der Waals surface area contributed by atoms with Gasteiger partial charge in [0, 0.05) is 99.4 Å². The van der Waals surface area contributed by atoms with Gasteiger partial charge in [0.05, 0.1) is 24.8 Å². The van der Waals surface area contributed by atoms with Gasteiger partial charge in [-0.3, -0.25) is 52.7 Å². The predicted molar refractivity (Wildman–Crippen MR) is 356 cm³/mol. The second kappa shape index (κ2) is 39.2. The van der Waals surface area contributed by atoms with Crippen molar-refractivity contribution in [1.82, 2.24) is 44.9 Å². The van der Waals surface area contributed by atoms with Crippen LogP contribution in [0.4, 0.5) is 0 Å². The van der Waals surface area contributed by atoms with Crippen LogP contribution in [0.2, 0.25) is 0 Å². The van der Waals surface area contributed by atoms with E-state index in [1.165, 1.54) is 85.8 Å². The van der Waals surface area contributed by atoms with Gasteiger partial charge in [0.2, 0.25) is 47.3 Å². The average Bonchev–Trinajstić information content (AvgIpc) is 0.968. The van der Waals surface area contributed by atoms with E-state index in [0.29, 0.717) is 19.4 Å². The summed E-state index contributed by atoms with van der Waals surface area (Å²) in [6.45, 7) is 29.2. The van der Waals surface area contributed by atoms with Gasteiger partial charge in [-0.05, 0) is 101 Å². The SMILES string of the molecule is C/C=C/C[C@@H](C)[C@@H](O)[C@H]1C(=O)N[C@@H](CC)C(=O)N(C)[C@H](CCCNC)C(=O)N(C)C([C@H](C)COC)C(=O)C[C@@H](C(C)C)C(=O)N(C)[C@@H](CC(C)C)C(=O)C[C@@H](C)C(=O)C[C@H](C)C(=O)N(C)[C@@H](CC(C)C)C(=O)N(C)[C@@H](CC(C)C)C(=O)N(C)[C@@H](C(C)C)C(=O)N1C. The standard InChI is InChI=1S/C69H123N9O13/c1-26-28-30-45(13)61(82)60-62(83)71-50(27-2)65(86)72(18)51(31-29-32-70-17)66(87)77(23)59(48(16)39-91-25)57(81)38-49(43(9)10)64(85)73(19)52(33-40(3)4)56(80)36-46(14)55(79)37-47(15)63(84)74(20)53(34-41(5)6)67(88)75(21)54(35-42(7)8)68(89)76(22)58(44(11)12)69(90)78(60)24/h26,28,40-54,58-61,70,82H,27,29-39H2,1-25H3,(H,71,83)/b28-26+/t45-,46-,47+,48-,49+,50+,51-,52+,53+,54+,58+,59?,60+,61-/m1/s1. The number of ether oxygens (including phenoxy) is 1. The summed E-state index contributed by atoms with van der Waals surface area (Å²) in [6, 6.07) is -9.74. The fourth-order valence-corrected chi connectivity index (χ4v) is 12.7. The van der Waals surface area contributed by atoms with Crippen LogP contribution in [0.3, 0.4) is 0 Å². The van der Waals surface area contributed by atoms with Crippen LogP contribution in [0.25, 0.3) is 0 Å². The number of methoxy groups -OCH3 is 1. The first-order chi connectivity index (χ1) is 42.2. The number of carbonyl (C=O) groups is 11. The molecule has 1 fully saturated rings. The monoisotopic (exact) mass is 1290 g/mol. The minimum Gasteiger partial charge on any atom is -0.390 e. The minimum absolute atomic E-state index is 0.0128. The van der Waals surface area contributed by atoms with Crippen molar-refractivity contribution in [2.24, 2.45) is 59.2 Å². The zero-order valence-electron chi connectivity index (χ0n) is 60.6. The molecular formula is C69H123N9O13. The molecule has 1 aliphatic heterocycles. The number of carbonyl (C=O) groups excluding carboxylic acids is 11. The third-order valence-electron chi connectivity index (χ3n) is 18.4. The van der Waals surface area contributed by atoms with E-state index in [-0.39, 0.29) is 87.3 Å². The van der Waals surface area contributed by atoms with Crippen LogP contribution in [-0.4, -0.2) is 235 Å². The molecule has 0 aliphatic carbocycles. The van der Waals surface area contributed by atoms with Gasteiger partial charge in [0.25, 0.3) is 0 Å². The number of allylic oxidation sites excluding steroid dienone is 2. The fraction of sp³-hybridized carbons (Fsp3) is 0.812. The summed E-state index contributed by atoms with van der Waals surface area (Å²) in [5.41, 5.74) is 0. The number of nitrogens with one attached hydrogen (secondary N) is 2. The molecular weight excluding hydrogens is 1160 g/mol. The number of hydrogen-bond donors (Lipinski definition) is 3. The van der Waals surface area contributed by atoms with Gasteiger partial charge >= 0.3 is 0 Å². The molecule has 0 radical (unpaired) electrons. The fourth-order valence-electron chi connectivity index (χ4n) is 12.7. The van der Waals surface area contributed by atoms with E-state index in [4.69, 9.17) is 4.74 Å². The van der Waals surface area contributed by atoms with Crippen LogP contribution in [0, 0.1) is 59.2 Å². The Morgan fingerprint density at radius 2 is 0.989 bits per heavy atom. The molecule has 22 nitrogen and oxygen atoms in total. The third kappa shape index (κ3) is 23.4. The smallest absolute Gasteiger partial charge is 0.246 e. The quantitative estimate of drug-likeness (QED) is 0.0913. The Morgan fingerprint density at radius 1 is 0.538 bits per heavy atom. The van der Waals surface area contributed by atoms with Crippen molar-refractivity contribution >= 4 is 64.6 Å². The first-order valence-electron chi connectivity index (χ1n) is 33.4. The van der Waals surface area contributed by atoms with Gasteiger partial charge in [-0.1, -0.05) is 116 Å². The van der Waals surface area contributed by atoms with Crippen molar-refractivity contribution < 1.29 is 62.6 Å². The number of nitrogens with zero attached hydrogens (tertiary/aromatic N) is 7. The molecule has 1 unspecified atom stereocenters. The molecule has 0 aromatic rings. The molecule has 14 atom stereocenters. The lowest BCUT2D eigenvalue weighted by Crippen LogP contribution is -2.64. The summed E-state index contributed by atoms with van der Waals surface area (Å²) in [5, 5.41) is 18.2. The van der Waals surface area contributed by atoms with Crippen molar-refractivity contribution in [3.8, 4) is 0 Å². The highest BCUT2D eigenvalue weighted by molar-refractivity contribution is 6.00. The number of likely N-dealkylation sites (N-methyl/N-ethyl adjacent to an activating group) is 7. The van der Waals surface area contributed by atoms with E-state index < -0.39 is 149 Å². The summed E-state index contributed by atoms with van der Waals surface area (Å²) >= 11 is 0. The van der Waals surface area contributed by atoms with Crippen molar-refractivity contribution in [2.75, 3.05) is 76.6 Å². The van der Waals surface area contributed by atoms with Crippen LogP contribution in [0.5, 0.6) is 0 Å². The normalized spacial score (nSPS) is 27.3. The highest BCUT2D eigenvalue weighted by atomic mass is 16.5. The summed E-state index contributed by atoms with van der Waals surface area (Å²) in [4.78, 5) is 173. The predicted octanol–water partition coefficient (Wildman–Crippen LogP) is 6.15. The molecule has 3 N–H and O–H groups in total. The first kappa shape index (κ1) is 83.4. The Bertz CT molecular complexity index is 2450.